The molecule has 1 aromatic carbocycles. The van der Waals surface area contributed by atoms with Crippen LogP contribution in [0.15, 0.2) is 16.6 Å². The van der Waals surface area contributed by atoms with Crippen molar-refractivity contribution in [2.45, 2.75) is 59.0 Å². The van der Waals surface area contributed by atoms with Crippen molar-refractivity contribution in [1.29, 1.82) is 0 Å². The molecular weight excluding hydrogens is 346 g/mol. The van der Waals surface area contributed by atoms with E-state index in [9.17, 15) is 9.59 Å². The van der Waals surface area contributed by atoms with Crippen LogP contribution >= 0.6 is 15.9 Å². The Morgan fingerprint density at radius 3 is 2.45 bits per heavy atom. The number of anilines is 1. The molecule has 5 heteroatoms. The highest BCUT2D eigenvalue weighted by atomic mass is 79.9. The highest BCUT2D eigenvalue weighted by Crippen LogP contribution is 2.43. The lowest BCUT2D eigenvalue weighted by molar-refractivity contribution is -0.119. The molecule has 1 heterocycles. The van der Waals surface area contributed by atoms with Crippen molar-refractivity contribution in [1.82, 2.24) is 0 Å². The van der Waals surface area contributed by atoms with Crippen LogP contribution in [0.3, 0.4) is 0 Å². The summed E-state index contributed by atoms with van der Waals surface area (Å²) < 4.78 is 6.26. The van der Waals surface area contributed by atoms with Crippen LogP contribution in [0.4, 0.5) is 10.5 Å². The van der Waals surface area contributed by atoms with Gasteiger partial charge in [-0.1, -0.05) is 35.8 Å². The first-order chi connectivity index (χ1) is 9.92. The molecule has 1 aliphatic rings. The molecule has 22 heavy (non-hydrogen) atoms. The number of carbonyl (C=O) groups is 2. The molecule has 0 saturated heterocycles. The van der Waals surface area contributed by atoms with Crippen molar-refractivity contribution in [2.24, 2.45) is 0 Å². The molecule has 0 unspecified atom stereocenters. The maximum absolute atomic E-state index is 12.5. The van der Waals surface area contributed by atoms with Crippen LogP contribution in [0.25, 0.3) is 0 Å². The number of hydrogen-bond acceptors (Lipinski definition) is 3. The van der Waals surface area contributed by atoms with Gasteiger partial charge in [-0.15, -0.1) is 0 Å². The maximum atomic E-state index is 12.5. The molecule has 0 radical (unpaired) electrons. The summed E-state index contributed by atoms with van der Waals surface area (Å²) in [5.74, 6) is -0.234. The summed E-state index contributed by atoms with van der Waals surface area (Å²) in [6.45, 7) is 11.4. The Balaban J connectivity index is 2.56. The normalized spacial score (nSPS) is 17.2. The van der Waals surface area contributed by atoms with E-state index in [1.807, 2.05) is 32.9 Å². The fraction of sp³-hybridized carbons (Fsp3) is 0.529. The Hall–Kier alpha value is -1.36. The minimum absolute atomic E-state index is 0.234. The molecule has 0 aromatic heterocycles. The molecule has 120 valence electrons. The van der Waals surface area contributed by atoms with Gasteiger partial charge in [-0.05, 0) is 44.9 Å². The van der Waals surface area contributed by atoms with E-state index in [2.05, 4.69) is 15.9 Å². The second-order valence-corrected chi connectivity index (χ2v) is 8.24. The molecule has 1 aromatic rings. The monoisotopic (exact) mass is 367 g/mol. The zero-order chi connectivity index (χ0) is 16.9. The SMILES string of the molecule is Cc1cc2c(cc1Br)N(C(=O)OC(C)(C)C)C(=O)CC2(C)C. The van der Waals surface area contributed by atoms with Gasteiger partial charge in [0.1, 0.15) is 5.60 Å². The third kappa shape index (κ3) is 3.19. The number of hydrogen-bond donors (Lipinski definition) is 0. The first-order valence-electron chi connectivity index (χ1n) is 7.29. The zero-order valence-corrected chi connectivity index (χ0v) is 15.5. The van der Waals surface area contributed by atoms with Crippen LogP contribution in [-0.2, 0) is 14.9 Å². The third-order valence-electron chi connectivity index (χ3n) is 3.67. The fourth-order valence-corrected chi connectivity index (χ4v) is 2.92. The quantitative estimate of drug-likeness (QED) is 0.667. The zero-order valence-electron chi connectivity index (χ0n) is 13.9. The summed E-state index contributed by atoms with van der Waals surface area (Å²) in [6.07, 6.45) is -0.342. The van der Waals surface area contributed by atoms with E-state index in [1.165, 1.54) is 0 Å². The van der Waals surface area contributed by atoms with Crippen molar-refractivity contribution < 1.29 is 14.3 Å². The number of fused-ring (bicyclic) bond motifs is 1. The summed E-state index contributed by atoms with van der Waals surface area (Å²) in [4.78, 5) is 26.1. The highest BCUT2D eigenvalue weighted by Gasteiger charge is 2.41. The van der Waals surface area contributed by atoms with Gasteiger partial charge in [0.2, 0.25) is 5.91 Å². The average Bonchev–Trinajstić information content (AvgIpc) is 2.28. The second kappa shape index (κ2) is 5.37. The van der Waals surface area contributed by atoms with Crippen molar-refractivity contribution in [2.75, 3.05) is 4.90 Å². The Kier molecular flexibility index (Phi) is 4.15. The molecule has 1 aliphatic heterocycles. The van der Waals surface area contributed by atoms with Crippen LogP contribution < -0.4 is 4.90 Å². The molecule has 0 fully saturated rings. The summed E-state index contributed by atoms with van der Waals surface area (Å²) in [5.41, 5.74) is 1.71. The summed E-state index contributed by atoms with van der Waals surface area (Å²) >= 11 is 3.48. The molecule has 0 bridgehead atoms. The van der Waals surface area contributed by atoms with E-state index >= 15 is 0 Å². The van der Waals surface area contributed by atoms with Crippen LogP contribution in [0.1, 0.15) is 52.2 Å². The number of imide groups is 1. The number of rotatable bonds is 0. The van der Waals surface area contributed by atoms with Crippen LogP contribution in [0.2, 0.25) is 0 Å². The lowest BCUT2D eigenvalue weighted by Gasteiger charge is -2.38. The average molecular weight is 368 g/mol. The minimum Gasteiger partial charge on any atom is -0.443 e. The van der Waals surface area contributed by atoms with Crippen molar-refractivity contribution in [3.05, 3.63) is 27.7 Å². The maximum Gasteiger partial charge on any atom is 0.421 e. The van der Waals surface area contributed by atoms with Crippen molar-refractivity contribution in [3.63, 3.8) is 0 Å². The van der Waals surface area contributed by atoms with Gasteiger partial charge in [-0.2, -0.15) is 0 Å². The van der Waals surface area contributed by atoms with E-state index in [1.54, 1.807) is 20.8 Å². The lowest BCUT2D eigenvalue weighted by Crippen LogP contribution is -2.47. The van der Waals surface area contributed by atoms with E-state index in [4.69, 9.17) is 4.74 Å². The Labute approximate surface area is 140 Å². The molecule has 2 amide bonds. The summed E-state index contributed by atoms with van der Waals surface area (Å²) in [7, 11) is 0. The van der Waals surface area contributed by atoms with Gasteiger partial charge in [-0.25, -0.2) is 9.69 Å². The van der Waals surface area contributed by atoms with Gasteiger partial charge >= 0.3 is 6.09 Å². The number of nitrogens with zero attached hydrogens (tertiary/aromatic N) is 1. The van der Waals surface area contributed by atoms with Gasteiger partial charge in [0.25, 0.3) is 0 Å². The van der Waals surface area contributed by atoms with Gasteiger partial charge in [0, 0.05) is 16.3 Å². The molecule has 0 N–H and O–H groups in total. The Morgan fingerprint density at radius 2 is 1.91 bits per heavy atom. The highest BCUT2D eigenvalue weighted by molar-refractivity contribution is 9.10. The smallest absolute Gasteiger partial charge is 0.421 e. The molecular formula is C17H22BrNO3. The molecule has 4 nitrogen and oxygen atoms in total. The molecule has 2 rings (SSSR count). The van der Waals surface area contributed by atoms with E-state index in [-0.39, 0.29) is 17.7 Å². The number of amides is 2. The topological polar surface area (TPSA) is 46.6 Å². The fourth-order valence-electron chi connectivity index (χ4n) is 2.59. The van der Waals surface area contributed by atoms with Gasteiger partial charge < -0.3 is 4.74 Å². The number of ether oxygens (including phenoxy) is 1. The minimum atomic E-state index is -0.646. The Morgan fingerprint density at radius 1 is 1.32 bits per heavy atom. The van der Waals surface area contributed by atoms with Gasteiger partial charge in [-0.3, -0.25) is 4.79 Å². The van der Waals surface area contributed by atoms with E-state index < -0.39 is 11.7 Å². The number of aryl methyl sites for hydroxylation is 1. The van der Waals surface area contributed by atoms with Crippen LogP contribution in [0.5, 0.6) is 0 Å². The largest absolute Gasteiger partial charge is 0.443 e. The molecule has 0 saturated carbocycles. The summed E-state index contributed by atoms with van der Waals surface area (Å²) in [6, 6.07) is 3.86. The van der Waals surface area contributed by atoms with Gasteiger partial charge in [0.15, 0.2) is 0 Å². The molecule has 0 aliphatic carbocycles. The van der Waals surface area contributed by atoms with Crippen molar-refractivity contribution >= 4 is 33.6 Å². The van der Waals surface area contributed by atoms with Crippen LogP contribution in [0, 0.1) is 6.92 Å². The lowest BCUT2D eigenvalue weighted by atomic mass is 9.77. The summed E-state index contributed by atoms with van der Waals surface area (Å²) in [5, 5.41) is 0. The van der Waals surface area contributed by atoms with E-state index in [0.717, 1.165) is 20.5 Å². The molecule has 0 atom stereocenters. The second-order valence-electron chi connectivity index (χ2n) is 7.39. The first-order valence-corrected chi connectivity index (χ1v) is 8.08. The predicted molar refractivity (Wildman–Crippen MR) is 90.2 cm³/mol. The first kappa shape index (κ1) is 17.0. The third-order valence-corrected chi connectivity index (χ3v) is 4.52. The number of carbonyl (C=O) groups excluding carboxylic acids is 2. The Bertz CT molecular complexity index is 644. The standard InChI is InChI=1S/C17H22BrNO3/c1-10-7-11-13(8-12(10)18)19(14(20)9-17(11,5)6)15(21)22-16(2,3)4/h7-8H,9H2,1-6H3. The van der Waals surface area contributed by atoms with Gasteiger partial charge in [0.05, 0.1) is 5.69 Å². The number of halogens is 1. The predicted octanol–water partition coefficient (Wildman–Crippen LogP) is 4.71. The molecule has 0 spiro atoms. The van der Waals surface area contributed by atoms with Crippen molar-refractivity contribution in [3.8, 4) is 0 Å². The number of benzene rings is 1. The van der Waals surface area contributed by atoms with E-state index in [0.29, 0.717) is 5.69 Å². The van der Waals surface area contributed by atoms with Crippen LogP contribution in [-0.4, -0.2) is 17.6 Å².